The van der Waals surface area contributed by atoms with E-state index >= 15 is 0 Å². The molecular formula is C17H24N2S. The van der Waals surface area contributed by atoms with E-state index < -0.39 is 0 Å². The third-order valence-electron chi connectivity index (χ3n) is 4.82. The van der Waals surface area contributed by atoms with Gasteiger partial charge in [-0.2, -0.15) is 0 Å². The zero-order valence-corrected chi connectivity index (χ0v) is 13.3. The molecule has 1 atom stereocenters. The summed E-state index contributed by atoms with van der Waals surface area (Å²) in [5.74, 6) is 0.792. The molecule has 0 radical (unpaired) electrons. The van der Waals surface area contributed by atoms with Crippen LogP contribution in [0.25, 0.3) is 11.0 Å². The minimum absolute atomic E-state index is 0.554. The number of hydrogen-bond donors (Lipinski definition) is 1. The SMILES string of the molecule is CCC(C1CCCCC1)n1c(=S)[nH]c2ccc(C)cc21. The first-order valence-corrected chi connectivity index (χ1v) is 8.32. The second-order valence-electron chi connectivity index (χ2n) is 6.19. The maximum absolute atomic E-state index is 5.62. The Kier molecular flexibility index (Phi) is 3.97. The summed E-state index contributed by atoms with van der Waals surface area (Å²) in [5, 5.41) is 0. The third kappa shape index (κ3) is 2.44. The van der Waals surface area contributed by atoms with Crippen molar-refractivity contribution in [3.63, 3.8) is 0 Å². The molecule has 0 saturated heterocycles. The first kappa shape index (κ1) is 13.9. The van der Waals surface area contributed by atoms with Crippen LogP contribution in [0.5, 0.6) is 0 Å². The van der Waals surface area contributed by atoms with E-state index in [0.29, 0.717) is 6.04 Å². The summed E-state index contributed by atoms with van der Waals surface area (Å²) < 4.78 is 3.29. The van der Waals surface area contributed by atoms with E-state index in [1.165, 1.54) is 55.1 Å². The molecule has 1 unspecified atom stereocenters. The monoisotopic (exact) mass is 288 g/mol. The largest absolute Gasteiger partial charge is 0.331 e. The Morgan fingerprint density at radius 2 is 2.05 bits per heavy atom. The van der Waals surface area contributed by atoms with Gasteiger partial charge in [-0.1, -0.05) is 32.3 Å². The van der Waals surface area contributed by atoms with Crippen molar-refractivity contribution in [1.82, 2.24) is 9.55 Å². The molecule has 1 aliphatic carbocycles. The van der Waals surface area contributed by atoms with Crippen molar-refractivity contribution in [3.8, 4) is 0 Å². The van der Waals surface area contributed by atoms with Gasteiger partial charge in [-0.3, -0.25) is 0 Å². The quantitative estimate of drug-likeness (QED) is 0.735. The van der Waals surface area contributed by atoms with Gasteiger partial charge < -0.3 is 9.55 Å². The van der Waals surface area contributed by atoms with Gasteiger partial charge in [0, 0.05) is 6.04 Å². The van der Waals surface area contributed by atoms with Crippen LogP contribution < -0.4 is 0 Å². The number of nitrogens with one attached hydrogen (secondary N) is 1. The van der Waals surface area contributed by atoms with E-state index in [1.54, 1.807) is 0 Å². The molecule has 0 aliphatic heterocycles. The molecule has 1 heterocycles. The molecule has 1 fully saturated rings. The second-order valence-corrected chi connectivity index (χ2v) is 6.58. The highest BCUT2D eigenvalue weighted by atomic mass is 32.1. The fraction of sp³-hybridized carbons (Fsp3) is 0.588. The number of hydrogen-bond acceptors (Lipinski definition) is 1. The number of imidazole rings is 1. The van der Waals surface area contributed by atoms with Gasteiger partial charge in [0.25, 0.3) is 0 Å². The van der Waals surface area contributed by atoms with Crippen molar-refractivity contribution in [2.75, 3.05) is 0 Å². The lowest BCUT2D eigenvalue weighted by Gasteiger charge is -2.31. The van der Waals surface area contributed by atoms with Gasteiger partial charge in [-0.15, -0.1) is 0 Å². The maximum Gasteiger partial charge on any atom is 0.178 e. The van der Waals surface area contributed by atoms with E-state index in [1.807, 2.05) is 0 Å². The molecule has 2 nitrogen and oxygen atoms in total. The molecule has 1 N–H and O–H groups in total. The molecule has 3 rings (SSSR count). The lowest BCUT2D eigenvalue weighted by molar-refractivity contribution is 0.245. The second kappa shape index (κ2) is 5.72. The highest BCUT2D eigenvalue weighted by molar-refractivity contribution is 7.71. The molecule has 1 aliphatic rings. The number of aryl methyl sites for hydroxylation is 1. The van der Waals surface area contributed by atoms with Crippen LogP contribution in [0.1, 0.15) is 57.1 Å². The molecule has 20 heavy (non-hydrogen) atoms. The van der Waals surface area contributed by atoms with Crippen LogP contribution in [-0.2, 0) is 0 Å². The molecule has 2 aromatic rings. The first-order valence-electron chi connectivity index (χ1n) is 7.91. The maximum atomic E-state index is 5.62. The predicted molar refractivity (Wildman–Crippen MR) is 87.8 cm³/mol. The molecule has 3 heteroatoms. The highest BCUT2D eigenvalue weighted by Crippen LogP contribution is 2.36. The summed E-state index contributed by atoms with van der Waals surface area (Å²) in [6, 6.07) is 7.13. The zero-order valence-electron chi connectivity index (χ0n) is 12.5. The van der Waals surface area contributed by atoms with Gasteiger partial charge in [0.15, 0.2) is 4.77 Å². The molecule has 1 aromatic heterocycles. The summed E-state index contributed by atoms with van der Waals surface area (Å²) in [7, 11) is 0. The Morgan fingerprint density at radius 1 is 1.30 bits per heavy atom. The standard InChI is InChI=1S/C17H24N2S/c1-3-15(13-7-5-4-6-8-13)19-16-11-12(2)9-10-14(16)18-17(19)20/h9-11,13,15H,3-8H2,1-2H3,(H,18,20). The Labute approximate surface area is 126 Å². The molecule has 1 aromatic carbocycles. The van der Waals surface area contributed by atoms with Crippen molar-refractivity contribution < 1.29 is 0 Å². The minimum atomic E-state index is 0.554. The van der Waals surface area contributed by atoms with Crippen molar-refractivity contribution in [2.45, 2.75) is 58.4 Å². The van der Waals surface area contributed by atoms with Gasteiger partial charge in [0.2, 0.25) is 0 Å². The third-order valence-corrected chi connectivity index (χ3v) is 5.12. The number of rotatable bonds is 3. The highest BCUT2D eigenvalue weighted by Gasteiger charge is 2.25. The van der Waals surface area contributed by atoms with Crippen LogP contribution in [0.15, 0.2) is 18.2 Å². The first-order chi connectivity index (χ1) is 9.70. The summed E-state index contributed by atoms with van der Waals surface area (Å²) in [6.45, 7) is 4.46. The number of nitrogens with zero attached hydrogens (tertiary/aromatic N) is 1. The lowest BCUT2D eigenvalue weighted by Crippen LogP contribution is -2.21. The van der Waals surface area contributed by atoms with Crippen LogP contribution in [0.3, 0.4) is 0 Å². The molecular weight excluding hydrogens is 264 g/mol. The van der Waals surface area contributed by atoms with E-state index in [-0.39, 0.29) is 0 Å². The number of aromatic nitrogens is 2. The van der Waals surface area contributed by atoms with E-state index in [4.69, 9.17) is 12.2 Å². The average molecular weight is 288 g/mol. The van der Waals surface area contributed by atoms with Gasteiger partial charge in [-0.25, -0.2) is 0 Å². The van der Waals surface area contributed by atoms with E-state index in [0.717, 1.165) is 10.7 Å². The summed E-state index contributed by atoms with van der Waals surface area (Å²) >= 11 is 5.62. The van der Waals surface area contributed by atoms with Crippen molar-refractivity contribution in [3.05, 3.63) is 28.5 Å². The normalized spacial score (nSPS) is 18.5. The summed E-state index contributed by atoms with van der Waals surface area (Å²) in [5.41, 5.74) is 3.76. The average Bonchev–Trinajstić information content (AvgIpc) is 2.77. The van der Waals surface area contributed by atoms with Crippen molar-refractivity contribution in [2.24, 2.45) is 5.92 Å². The Hall–Kier alpha value is -1.09. The molecule has 0 spiro atoms. The van der Waals surface area contributed by atoms with E-state index in [2.05, 4.69) is 41.6 Å². The molecule has 0 bridgehead atoms. The minimum Gasteiger partial charge on any atom is -0.331 e. The fourth-order valence-corrected chi connectivity index (χ4v) is 4.15. The van der Waals surface area contributed by atoms with E-state index in [9.17, 15) is 0 Å². The topological polar surface area (TPSA) is 20.7 Å². The number of aromatic amines is 1. The predicted octanol–water partition coefficient (Wildman–Crippen LogP) is 5.54. The number of fused-ring (bicyclic) bond motifs is 1. The Balaban J connectivity index is 2.08. The lowest BCUT2D eigenvalue weighted by atomic mass is 9.82. The fourth-order valence-electron chi connectivity index (χ4n) is 3.81. The van der Waals surface area contributed by atoms with Gasteiger partial charge in [0.05, 0.1) is 11.0 Å². The van der Waals surface area contributed by atoms with Crippen LogP contribution >= 0.6 is 12.2 Å². The van der Waals surface area contributed by atoms with Crippen LogP contribution in [0.2, 0.25) is 0 Å². The summed E-state index contributed by atoms with van der Waals surface area (Å²) in [6.07, 6.45) is 8.06. The van der Waals surface area contributed by atoms with Gasteiger partial charge >= 0.3 is 0 Å². The van der Waals surface area contributed by atoms with Crippen molar-refractivity contribution >= 4 is 23.3 Å². The van der Waals surface area contributed by atoms with Crippen LogP contribution in [0, 0.1) is 17.6 Å². The van der Waals surface area contributed by atoms with Crippen molar-refractivity contribution in [1.29, 1.82) is 0 Å². The molecule has 0 amide bonds. The zero-order chi connectivity index (χ0) is 14.1. The summed E-state index contributed by atoms with van der Waals surface area (Å²) in [4.78, 5) is 3.39. The van der Waals surface area contributed by atoms with Crippen LogP contribution in [0.4, 0.5) is 0 Å². The Bertz CT molecular complexity index is 647. The molecule has 108 valence electrons. The number of benzene rings is 1. The van der Waals surface area contributed by atoms with Gasteiger partial charge in [0.1, 0.15) is 0 Å². The Morgan fingerprint density at radius 3 is 2.75 bits per heavy atom. The number of H-pyrrole nitrogens is 1. The molecule has 1 saturated carbocycles. The van der Waals surface area contributed by atoms with Gasteiger partial charge in [-0.05, 0) is 62.0 Å². The van der Waals surface area contributed by atoms with Crippen LogP contribution in [-0.4, -0.2) is 9.55 Å². The smallest absolute Gasteiger partial charge is 0.178 e.